The van der Waals surface area contributed by atoms with Gasteiger partial charge in [0.2, 0.25) is 0 Å². The molecular formula is C16H24N2O4. The maximum absolute atomic E-state index is 11.9. The zero-order chi connectivity index (χ0) is 15.9. The number of ether oxygens (including phenoxy) is 2. The maximum atomic E-state index is 11.9. The molecule has 0 aliphatic heterocycles. The van der Waals surface area contributed by atoms with Crippen molar-refractivity contribution < 1.29 is 19.4 Å². The van der Waals surface area contributed by atoms with E-state index in [0.29, 0.717) is 24.5 Å². The number of amides is 2. The molecule has 1 aromatic carbocycles. The first-order chi connectivity index (χ1) is 10.6. The Kier molecular flexibility index (Phi) is 5.89. The Labute approximate surface area is 130 Å². The van der Waals surface area contributed by atoms with Gasteiger partial charge in [-0.1, -0.05) is 6.07 Å². The first-order valence-electron chi connectivity index (χ1n) is 7.55. The number of hydrogen-bond acceptors (Lipinski definition) is 4. The molecule has 2 atom stereocenters. The third-order valence-electron chi connectivity index (χ3n) is 3.88. The summed E-state index contributed by atoms with van der Waals surface area (Å²) in [5, 5.41) is 15.3. The van der Waals surface area contributed by atoms with Gasteiger partial charge in [0.25, 0.3) is 0 Å². The highest BCUT2D eigenvalue weighted by Crippen LogP contribution is 2.27. The molecule has 0 heterocycles. The molecule has 1 fully saturated rings. The van der Waals surface area contributed by atoms with Crippen molar-refractivity contribution in [2.45, 2.75) is 44.4 Å². The Morgan fingerprint density at radius 3 is 2.73 bits per heavy atom. The largest absolute Gasteiger partial charge is 0.493 e. The first kappa shape index (κ1) is 16.4. The van der Waals surface area contributed by atoms with E-state index in [1.54, 1.807) is 14.2 Å². The van der Waals surface area contributed by atoms with Gasteiger partial charge in [-0.3, -0.25) is 0 Å². The van der Waals surface area contributed by atoms with Crippen LogP contribution in [0.3, 0.4) is 0 Å². The molecule has 6 nitrogen and oxygen atoms in total. The zero-order valence-corrected chi connectivity index (χ0v) is 13.1. The second kappa shape index (κ2) is 7.89. The van der Waals surface area contributed by atoms with Gasteiger partial charge in [-0.15, -0.1) is 0 Å². The molecule has 6 heteroatoms. The number of aliphatic hydroxyl groups excluding tert-OH is 1. The highest BCUT2D eigenvalue weighted by molar-refractivity contribution is 5.74. The zero-order valence-electron chi connectivity index (χ0n) is 13.1. The van der Waals surface area contributed by atoms with Crippen molar-refractivity contribution >= 4 is 6.03 Å². The van der Waals surface area contributed by atoms with Gasteiger partial charge in [0.1, 0.15) is 0 Å². The average molecular weight is 308 g/mol. The van der Waals surface area contributed by atoms with Gasteiger partial charge in [0, 0.05) is 12.6 Å². The van der Waals surface area contributed by atoms with Crippen LogP contribution >= 0.6 is 0 Å². The summed E-state index contributed by atoms with van der Waals surface area (Å²) < 4.78 is 10.4. The lowest BCUT2D eigenvalue weighted by atomic mass is 9.93. The molecule has 0 spiro atoms. The molecule has 0 aromatic heterocycles. The van der Waals surface area contributed by atoms with Crippen LogP contribution in [0.25, 0.3) is 0 Å². The highest BCUT2D eigenvalue weighted by Gasteiger charge is 2.21. The summed E-state index contributed by atoms with van der Waals surface area (Å²) in [4.78, 5) is 11.9. The number of hydrogen-bond donors (Lipinski definition) is 3. The SMILES string of the molecule is COc1ccc(CNC(=O)N[C@H]2CCC[C@@H](O)C2)cc1OC. The number of urea groups is 1. The Morgan fingerprint density at radius 2 is 2.05 bits per heavy atom. The van der Waals surface area contributed by atoms with Gasteiger partial charge in [-0.05, 0) is 43.4 Å². The second-order valence-corrected chi connectivity index (χ2v) is 5.53. The summed E-state index contributed by atoms with van der Waals surface area (Å²) in [5.41, 5.74) is 0.927. The summed E-state index contributed by atoms with van der Waals surface area (Å²) in [5.74, 6) is 1.30. The summed E-state index contributed by atoms with van der Waals surface area (Å²) in [6.45, 7) is 0.404. The Hall–Kier alpha value is -1.95. The van der Waals surface area contributed by atoms with Crippen molar-refractivity contribution in [3.05, 3.63) is 23.8 Å². The summed E-state index contributed by atoms with van der Waals surface area (Å²) in [6, 6.07) is 5.36. The molecule has 1 aliphatic rings. The van der Waals surface area contributed by atoms with Crippen LogP contribution in [0.5, 0.6) is 11.5 Å². The molecule has 0 bridgehead atoms. The average Bonchev–Trinajstić information content (AvgIpc) is 2.52. The maximum Gasteiger partial charge on any atom is 0.315 e. The lowest BCUT2D eigenvalue weighted by molar-refractivity contribution is 0.113. The van der Waals surface area contributed by atoms with Crippen LogP contribution in [0.4, 0.5) is 4.79 Å². The second-order valence-electron chi connectivity index (χ2n) is 5.53. The van der Waals surface area contributed by atoms with E-state index >= 15 is 0 Å². The fourth-order valence-electron chi connectivity index (χ4n) is 2.70. The molecular weight excluding hydrogens is 284 g/mol. The van der Waals surface area contributed by atoms with E-state index in [9.17, 15) is 9.90 Å². The molecule has 2 rings (SSSR count). The van der Waals surface area contributed by atoms with Crippen molar-refractivity contribution in [3.8, 4) is 11.5 Å². The van der Waals surface area contributed by atoms with Gasteiger partial charge >= 0.3 is 6.03 Å². The van der Waals surface area contributed by atoms with E-state index in [0.717, 1.165) is 24.8 Å². The van der Waals surface area contributed by atoms with Crippen LogP contribution in [-0.4, -0.2) is 37.5 Å². The predicted octanol–water partition coefficient (Wildman–Crippen LogP) is 1.81. The van der Waals surface area contributed by atoms with Crippen molar-refractivity contribution in [1.82, 2.24) is 10.6 Å². The minimum atomic E-state index is -0.301. The van der Waals surface area contributed by atoms with Crippen LogP contribution in [0.1, 0.15) is 31.2 Å². The van der Waals surface area contributed by atoms with Crippen molar-refractivity contribution in [1.29, 1.82) is 0 Å². The van der Waals surface area contributed by atoms with Gasteiger partial charge in [0.15, 0.2) is 11.5 Å². The van der Waals surface area contributed by atoms with Crippen LogP contribution < -0.4 is 20.1 Å². The van der Waals surface area contributed by atoms with Crippen LogP contribution in [0.15, 0.2) is 18.2 Å². The third-order valence-corrected chi connectivity index (χ3v) is 3.88. The van der Waals surface area contributed by atoms with E-state index in [-0.39, 0.29) is 18.2 Å². The molecule has 1 aromatic rings. The van der Waals surface area contributed by atoms with E-state index in [2.05, 4.69) is 10.6 Å². The van der Waals surface area contributed by atoms with Crippen LogP contribution in [-0.2, 0) is 6.54 Å². The van der Waals surface area contributed by atoms with E-state index in [1.807, 2.05) is 18.2 Å². The number of benzene rings is 1. The normalized spacial score (nSPS) is 21.0. The van der Waals surface area contributed by atoms with E-state index in [4.69, 9.17) is 9.47 Å². The highest BCUT2D eigenvalue weighted by atomic mass is 16.5. The molecule has 0 radical (unpaired) electrons. The van der Waals surface area contributed by atoms with Crippen molar-refractivity contribution in [2.75, 3.05) is 14.2 Å². The Bertz CT molecular complexity index is 507. The Morgan fingerprint density at radius 1 is 1.27 bits per heavy atom. The number of rotatable bonds is 5. The van der Waals surface area contributed by atoms with Gasteiger partial charge in [-0.2, -0.15) is 0 Å². The minimum Gasteiger partial charge on any atom is -0.493 e. The van der Waals surface area contributed by atoms with E-state index < -0.39 is 0 Å². The monoisotopic (exact) mass is 308 g/mol. The topological polar surface area (TPSA) is 79.8 Å². The molecule has 0 saturated heterocycles. The smallest absolute Gasteiger partial charge is 0.315 e. The number of carbonyl (C=O) groups is 1. The van der Waals surface area contributed by atoms with Crippen LogP contribution in [0, 0.1) is 0 Å². The minimum absolute atomic E-state index is 0.0501. The van der Waals surface area contributed by atoms with Crippen molar-refractivity contribution in [2.24, 2.45) is 0 Å². The van der Waals surface area contributed by atoms with Gasteiger partial charge in [-0.25, -0.2) is 4.79 Å². The molecule has 2 amide bonds. The number of methoxy groups -OCH3 is 2. The Balaban J connectivity index is 1.83. The molecule has 1 aliphatic carbocycles. The number of aliphatic hydroxyl groups is 1. The van der Waals surface area contributed by atoms with Gasteiger partial charge in [0.05, 0.1) is 20.3 Å². The molecule has 3 N–H and O–H groups in total. The standard InChI is InChI=1S/C16H24N2O4/c1-21-14-7-6-11(8-15(14)22-2)10-17-16(20)18-12-4-3-5-13(19)9-12/h6-8,12-13,19H,3-5,9-10H2,1-2H3,(H2,17,18,20)/t12-,13+/m0/s1. The van der Waals surface area contributed by atoms with Crippen molar-refractivity contribution in [3.63, 3.8) is 0 Å². The lowest BCUT2D eigenvalue weighted by Gasteiger charge is -2.26. The first-order valence-corrected chi connectivity index (χ1v) is 7.55. The number of carbonyl (C=O) groups excluding carboxylic acids is 1. The fraction of sp³-hybridized carbons (Fsp3) is 0.562. The fourth-order valence-corrected chi connectivity index (χ4v) is 2.70. The molecule has 22 heavy (non-hydrogen) atoms. The summed E-state index contributed by atoms with van der Waals surface area (Å²) in [6.07, 6.45) is 3.02. The quantitative estimate of drug-likeness (QED) is 0.775. The molecule has 1 saturated carbocycles. The molecule has 122 valence electrons. The predicted molar refractivity (Wildman–Crippen MR) is 83.2 cm³/mol. The summed E-state index contributed by atoms with van der Waals surface area (Å²) in [7, 11) is 3.16. The number of nitrogens with one attached hydrogen (secondary N) is 2. The van der Waals surface area contributed by atoms with E-state index in [1.165, 1.54) is 0 Å². The lowest BCUT2D eigenvalue weighted by Crippen LogP contribution is -2.44. The molecule has 0 unspecified atom stereocenters. The summed E-state index contributed by atoms with van der Waals surface area (Å²) >= 11 is 0. The van der Waals surface area contributed by atoms with Gasteiger partial charge < -0.3 is 25.2 Å². The van der Waals surface area contributed by atoms with Crippen LogP contribution in [0.2, 0.25) is 0 Å². The third kappa shape index (κ3) is 4.53.